The Kier molecular flexibility index (Phi) is 4.57. The van der Waals surface area contributed by atoms with Crippen LogP contribution in [0.2, 0.25) is 0 Å². The van der Waals surface area contributed by atoms with Crippen LogP contribution in [0.15, 0.2) is 59.0 Å². The van der Waals surface area contributed by atoms with Crippen molar-refractivity contribution in [3.63, 3.8) is 0 Å². The van der Waals surface area contributed by atoms with E-state index < -0.39 is 21.5 Å². The summed E-state index contributed by atoms with van der Waals surface area (Å²) in [5.41, 5.74) is 3.29. The van der Waals surface area contributed by atoms with Crippen molar-refractivity contribution in [3.8, 4) is 0 Å². The van der Waals surface area contributed by atoms with E-state index in [0.717, 1.165) is 22.3 Å². The molecule has 0 spiro atoms. The van der Waals surface area contributed by atoms with Crippen molar-refractivity contribution < 1.29 is 17.9 Å². The van der Waals surface area contributed by atoms with Gasteiger partial charge in [-0.25, -0.2) is 8.42 Å². The van der Waals surface area contributed by atoms with Crippen LogP contribution in [0.25, 0.3) is 0 Å². The minimum atomic E-state index is -3.85. The molecule has 152 valence electrons. The number of hydrogen-bond acceptors (Lipinski definition) is 4. The van der Waals surface area contributed by atoms with Crippen LogP contribution in [0.5, 0.6) is 0 Å². The summed E-state index contributed by atoms with van der Waals surface area (Å²) in [6.45, 7) is 5.84. The summed E-state index contributed by atoms with van der Waals surface area (Å²) in [5.74, 6) is -0.386. The highest BCUT2D eigenvalue weighted by Gasteiger charge is 2.60. The first-order valence-electron chi connectivity index (χ1n) is 9.68. The van der Waals surface area contributed by atoms with Crippen molar-refractivity contribution in [1.29, 1.82) is 0 Å². The van der Waals surface area contributed by atoms with Gasteiger partial charge in [-0.3, -0.25) is 9.10 Å². The highest BCUT2D eigenvalue weighted by Crippen LogP contribution is 2.54. The second kappa shape index (κ2) is 6.73. The number of anilines is 1. The molecule has 2 aromatic rings. The van der Waals surface area contributed by atoms with E-state index >= 15 is 0 Å². The number of ether oxygens (including phenoxy) is 1. The smallest absolute Gasteiger partial charge is 0.318 e. The van der Waals surface area contributed by atoms with Crippen molar-refractivity contribution in [2.24, 2.45) is 0 Å². The molecule has 2 unspecified atom stereocenters. The van der Waals surface area contributed by atoms with E-state index in [1.807, 2.05) is 45.0 Å². The van der Waals surface area contributed by atoms with Gasteiger partial charge in [-0.1, -0.05) is 47.0 Å². The highest BCUT2D eigenvalue weighted by molar-refractivity contribution is 7.92. The van der Waals surface area contributed by atoms with Gasteiger partial charge >= 0.3 is 5.97 Å². The van der Waals surface area contributed by atoms with Crippen LogP contribution in [0.3, 0.4) is 0 Å². The number of fused-ring (bicyclic) bond motifs is 3. The summed E-state index contributed by atoms with van der Waals surface area (Å²) in [7, 11) is -2.48. The van der Waals surface area contributed by atoms with E-state index in [4.69, 9.17) is 4.74 Å². The van der Waals surface area contributed by atoms with Crippen LogP contribution >= 0.6 is 0 Å². The van der Waals surface area contributed by atoms with Gasteiger partial charge in [0.2, 0.25) is 0 Å². The molecule has 2 aliphatic rings. The van der Waals surface area contributed by atoms with Gasteiger partial charge in [0.1, 0.15) is 5.41 Å². The number of aryl methyl sites for hydroxylation is 2. The number of hydrogen-bond donors (Lipinski definition) is 0. The Hall–Kier alpha value is -2.60. The predicted octanol–water partition coefficient (Wildman–Crippen LogP) is 4.03. The molecule has 0 N–H and O–H groups in total. The maximum absolute atomic E-state index is 13.7. The van der Waals surface area contributed by atoms with E-state index in [9.17, 15) is 13.2 Å². The first kappa shape index (κ1) is 19.7. The molecule has 2 aromatic carbocycles. The minimum absolute atomic E-state index is 0.224. The van der Waals surface area contributed by atoms with E-state index in [2.05, 4.69) is 0 Å². The van der Waals surface area contributed by atoms with E-state index in [-0.39, 0.29) is 10.9 Å². The fourth-order valence-corrected chi connectivity index (χ4v) is 6.43. The number of methoxy groups -OCH3 is 1. The van der Waals surface area contributed by atoms with Crippen LogP contribution in [0, 0.1) is 13.8 Å². The van der Waals surface area contributed by atoms with Gasteiger partial charge < -0.3 is 4.74 Å². The topological polar surface area (TPSA) is 63.7 Å². The molecule has 0 radical (unpaired) electrons. The summed E-state index contributed by atoms with van der Waals surface area (Å²) in [6, 6.07) is 11.9. The van der Waals surface area contributed by atoms with Crippen molar-refractivity contribution >= 4 is 21.7 Å². The van der Waals surface area contributed by atoms with Gasteiger partial charge in [0.05, 0.1) is 23.7 Å². The number of esters is 1. The van der Waals surface area contributed by atoms with Gasteiger partial charge in [0.25, 0.3) is 10.0 Å². The van der Waals surface area contributed by atoms with Crippen molar-refractivity contribution in [3.05, 3.63) is 70.8 Å². The standard InChI is InChI=1S/C23H25NO4S/c1-15-5-9-18(10-6-15)29(26,27)24-20-11-7-16(2)13-19(20)23(22(25)28-4)14-17(3)8-12-21(23)24/h5-11,13,21H,12,14H2,1-4H3. The molecule has 1 heterocycles. The average Bonchev–Trinajstić information content (AvgIpc) is 2.98. The van der Waals surface area contributed by atoms with E-state index in [1.54, 1.807) is 24.3 Å². The number of benzene rings is 2. The first-order valence-corrected chi connectivity index (χ1v) is 11.1. The van der Waals surface area contributed by atoms with Crippen LogP contribution in [-0.2, 0) is 25.0 Å². The lowest BCUT2D eigenvalue weighted by Gasteiger charge is -2.39. The maximum Gasteiger partial charge on any atom is 0.318 e. The fourth-order valence-electron chi connectivity index (χ4n) is 4.70. The number of sulfonamides is 1. The predicted molar refractivity (Wildman–Crippen MR) is 112 cm³/mol. The zero-order chi connectivity index (χ0) is 21.0. The monoisotopic (exact) mass is 411 g/mol. The Balaban J connectivity index is 1.99. The van der Waals surface area contributed by atoms with Crippen molar-refractivity contribution in [2.75, 3.05) is 11.4 Å². The van der Waals surface area contributed by atoms with Crippen LogP contribution < -0.4 is 4.31 Å². The molecule has 2 atom stereocenters. The molecule has 0 aromatic heterocycles. The Morgan fingerprint density at radius 1 is 1.07 bits per heavy atom. The normalized spacial score (nSPS) is 23.2. The molecule has 1 aliphatic carbocycles. The van der Waals surface area contributed by atoms with Crippen molar-refractivity contribution in [1.82, 2.24) is 0 Å². The molecular weight excluding hydrogens is 386 g/mol. The summed E-state index contributed by atoms with van der Waals surface area (Å²) >= 11 is 0. The SMILES string of the molecule is COC(=O)C12CC(C)=CCC1N(S(=O)(=O)c1ccc(C)cc1)c1ccc(C)cc12. The van der Waals surface area contributed by atoms with E-state index in [1.165, 1.54) is 11.4 Å². The molecule has 5 nitrogen and oxygen atoms in total. The van der Waals surface area contributed by atoms with Gasteiger partial charge in [-0.05, 0) is 57.4 Å². The summed E-state index contributed by atoms with van der Waals surface area (Å²) in [5, 5.41) is 0. The van der Waals surface area contributed by atoms with E-state index in [0.29, 0.717) is 18.5 Å². The zero-order valence-electron chi connectivity index (χ0n) is 17.1. The number of carbonyl (C=O) groups excluding carboxylic acids is 1. The van der Waals surface area contributed by atoms with Crippen LogP contribution in [0.4, 0.5) is 5.69 Å². The second-order valence-electron chi connectivity index (χ2n) is 8.08. The molecule has 0 fully saturated rings. The van der Waals surface area contributed by atoms with Gasteiger partial charge in [-0.15, -0.1) is 0 Å². The summed E-state index contributed by atoms with van der Waals surface area (Å²) < 4.78 is 34.2. The lowest BCUT2D eigenvalue weighted by Crippen LogP contribution is -2.53. The molecule has 0 bridgehead atoms. The quantitative estimate of drug-likeness (QED) is 0.565. The number of carbonyl (C=O) groups is 1. The summed E-state index contributed by atoms with van der Waals surface area (Å²) in [6.07, 6.45) is 2.93. The number of allylic oxidation sites excluding steroid dienone is 1. The Labute approximate surface area is 172 Å². The molecule has 6 heteroatoms. The van der Waals surface area contributed by atoms with Gasteiger partial charge in [0, 0.05) is 0 Å². The fraction of sp³-hybridized carbons (Fsp3) is 0.348. The first-order chi connectivity index (χ1) is 13.7. The molecule has 29 heavy (non-hydrogen) atoms. The Morgan fingerprint density at radius 3 is 2.38 bits per heavy atom. The molecule has 1 aliphatic heterocycles. The van der Waals surface area contributed by atoms with Gasteiger partial charge in [0.15, 0.2) is 0 Å². The zero-order valence-corrected chi connectivity index (χ0v) is 17.9. The highest BCUT2D eigenvalue weighted by atomic mass is 32.2. The van der Waals surface area contributed by atoms with Crippen LogP contribution in [-0.4, -0.2) is 27.5 Å². The molecular formula is C23H25NO4S. The molecule has 4 rings (SSSR count). The van der Waals surface area contributed by atoms with Crippen LogP contribution in [0.1, 0.15) is 36.5 Å². The summed E-state index contributed by atoms with van der Waals surface area (Å²) in [4.78, 5) is 13.4. The number of nitrogens with zero attached hydrogens (tertiary/aromatic N) is 1. The lowest BCUT2D eigenvalue weighted by molar-refractivity contribution is -0.148. The lowest BCUT2D eigenvalue weighted by atomic mass is 9.68. The minimum Gasteiger partial charge on any atom is -0.468 e. The molecule has 0 saturated heterocycles. The maximum atomic E-state index is 13.7. The third-order valence-electron chi connectivity index (χ3n) is 6.10. The molecule has 0 amide bonds. The average molecular weight is 412 g/mol. The van der Waals surface area contributed by atoms with Crippen molar-refractivity contribution in [2.45, 2.75) is 50.0 Å². The van der Waals surface area contributed by atoms with Gasteiger partial charge in [-0.2, -0.15) is 0 Å². The Bertz CT molecular complexity index is 1120. The Morgan fingerprint density at radius 2 is 1.72 bits per heavy atom. The second-order valence-corrected chi connectivity index (χ2v) is 9.89. The molecule has 0 saturated carbocycles. The largest absolute Gasteiger partial charge is 0.468 e. The number of rotatable bonds is 3. The third-order valence-corrected chi connectivity index (χ3v) is 7.93. The third kappa shape index (κ3) is 2.81.